The van der Waals surface area contributed by atoms with Crippen molar-refractivity contribution in [2.24, 2.45) is 5.73 Å². The van der Waals surface area contributed by atoms with Gasteiger partial charge in [-0.1, -0.05) is 6.58 Å². The fraction of sp³-hybridized carbons (Fsp3) is 0.667. The lowest BCUT2D eigenvalue weighted by atomic mass is 10.1. The zero-order valence-corrected chi connectivity index (χ0v) is 10.2. The van der Waals surface area contributed by atoms with E-state index in [2.05, 4.69) is 6.58 Å². The molecule has 0 heterocycles. The van der Waals surface area contributed by atoms with Crippen LogP contribution in [0.2, 0.25) is 0 Å². The number of rotatable bonds is 5. The Hall–Kier alpha value is -0.190. The lowest BCUT2D eigenvalue weighted by Crippen LogP contribution is -3.00. The number of hydrogen-bond acceptors (Lipinski definition) is 2. The number of carbonyl (C=O) groups excluding carboxylic acids is 1. The Morgan fingerprint density at radius 2 is 2.08 bits per heavy atom. The largest absolute Gasteiger partial charge is 1.00 e. The second-order valence-electron chi connectivity index (χ2n) is 3.57. The molecule has 0 aliphatic heterocycles. The van der Waals surface area contributed by atoms with Crippen LogP contribution >= 0.6 is 0 Å². The highest BCUT2D eigenvalue weighted by Crippen LogP contribution is 2.06. The maximum atomic E-state index is 11.3. The number of hydrogen-bond donors (Lipinski definition) is 1. The molecule has 1 atom stereocenters. The maximum absolute atomic E-state index is 11.3. The van der Waals surface area contributed by atoms with Gasteiger partial charge in [0, 0.05) is 6.54 Å². The smallest absolute Gasteiger partial charge is 0.211 e. The Labute approximate surface area is 91.0 Å². The molecule has 4 heteroatoms. The van der Waals surface area contributed by atoms with Gasteiger partial charge in [0.1, 0.15) is 6.04 Å². The average Bonchev–Trinajstić information content (AvgIpc) is 2.01. The number of likely N-dealkylation sites (N-methyl/N-ethyl adjacent to an activating group) is 1. The summed E-state index contributed by atoms with van der Waals surface area (Å²) in [7, 11) is 4.00. The second kappa shape index (κ2) is 6.29. The van der Waals surface area contributed by atoms with Gasteiger partial charge in [0.2, 0.25) is 5.78 Å². The quantitative estimate of drug-likeness (QED) is 0.423. The Kier molecular flexibility index (Phi) is 7.40. The van der Waals surface area contributed by atoms with Crippen molar-refractivity contribution in [3.05, 3.63) is 12.7 Å². The maximum Gasteiger partial charge on any atom is 0.211 e. The van der Waals surface area contributed by atoms with Crippen molar-refractivity contribution in [3.63, 3.8) is 0 Å². The van der Waals surface area contributed by atoms with E-state index in [1.54, 1.807) is 0 Å². The van der Waals surface area contributed by atoms with E-state index in [4.69, 9.17) is 5.73 Å². The minimum Gasteiger partial charge on any atom is -1.00 e. The zero-order chi connectivity index (χ0) is 9.78. The number of nitrogens with two attached hydrogens (primary N) is 1. The van der Waals surface area contributed by atoms with Crippen molar-refractivity contribution in [1.29, 1.82) is 0 Å². The molecule has 0 aliphatic carbocycles. The van der Waals surface area contributed by atoms with Gasteiger partial charge in [-0.15, -0.1) is 0 Å². The first-order valence-electron chi connectivity index (χ1n) is 4.14. The van der Waals surface area contributed by atoms with Gasteiger partial charge in [-0.25, -0.2) is 0 Å². The molecule has 0 fully saturated rings. The third-order valence-electron chi connectivity index (χ3n) is 2.37. The molecule has 3 nitrogen and oxygen atoms in total. The fourth-order valence-electron chi connectivity index (χ4n) is 1.04. The minimum atomic E-state index is -0.0500. The molecular formula is C9H19BrN2O. The molecule has 13 heavy (non-hydrogen) atoms. The molecule has 1 unspecified atom stereocenters. The molecule has 0 bridgehead atoms. The summed E-state index contributed by atoms with van der Waals surface area (Å²) in [6.07, 6.45) is 1.38. The van der Waals surface area contributed by atoms with E-state index in [0.717, 1.165) is 6.54 Å². The van der Waals surface area contributed by atoms with E-state index in [1.165, 1.54) is 6.08 Å². The van der Waals surface area contributed by atoms with Crippen LogP contribution in [0.15, 0.2) is 12.7 Å². The summed E-state index contributed by atoms with van der Waals surface area (Å²) in [5.74, 6) is 0.0773. The SMILES string of the molecule is C=CC(=O)C(C)[N+](C)(C)CCN.[Br-]. The van der Waals surface area contributed by atoms with Gasteiger partial charge >= 0.3 is 0 Å². The zero-order valence-electron chi connectivity index (χ0n) is 8.59. The monoisotopic (exact) mass is 250 g/mol. The first-order chi connectivity index (χ1) is 5.45. The predicted molar refractivity (Wildman–Crippen MR) is 50.7 cm³/mol. The molecule has 0 radical (unpaired) electrons. The third-order valence-corrected chi connectivity index (χ3v) is 2.37. The first kappa shape index (κ1) is 15.3. The molecule has 0 saturated carbocycles. The van der Waals surface area contributed by atoms with Gasteiger partial charge in [0.15, 0.2) is 0 Å². The summed E-state index contributed by atoms with van der Waals surface area (Å²) in [6, 6.07) is -0.0500. The molecule has 0 amide bonds. The van der Waals surface area contributed by atoms with Crippen molar-refractivity contribution < 1.29 is 26.3 Å². The van der Waals surface area contributed by atoms with E-state index in [9.17, 15) is 4.79 Å². The molecule has 0 saturated heterocycles. The van der Waals surface area contributed by atoms with Gasteiger partial charge in [-0.2, -0.15) is 0 Å². The standard InChI is InChI=1S/C9H19N2O.BrH/c1-5-9(12)8(2)11(3,4)7-6-10;/h5,8H,1,6-7,10H2,2-4H3;1H/q+1;/p-1. The second-order valence-corrected chi connectivity index (χ2v) is 3.57. The molecule has 0 aromatic carbocycles. The number of quaternary nitrogens is 1. The molecule has 78 valence electrons. The average molecular weight is 251 g/mol. The number of halogens is 1. The summed E-state index contributed by atoms with van der Waals surface area (Å²) in [5, 5.41) is 0. The van der Waals surface area contributed by atoms with E-state index in [0.29, 0.717) is 11.0 Å². The molecule has 2 N–H and O–H groups in total. The van der Waals surface area contributed by atoms with E-state index >= 15 is 0 Å². The fourth-order valence-corrected chi connectivity index (χ4v) is 1.04. The van der Waals surface area contributed by atoms with Crippen molar-refractivity contribution in [2.75, 3.05) is 27.2 Å². The van der Waals surface area contributed by atoms with Crippen LogP contribution in [0.5, 0.6) is 0 Å². The van der Waals surface area contributed by atoms with E-state index in [-0.39, 0.29) is 28.8 Å². The van der Waals surface area contributed by atoms with Crippen LogP contribution in [-0.2, 0) is 4.79 Å². The van der Waals surface area contributed by atoms with Crippen LogP contribution in [-0.4, -0.2) is 43.5 Å². The number of ketones is 1. The van der Waals surface area contributed by atoms with Crippen LogP contribution in [0.1, 0.15) is 6.92 Å². The number of nitrogens with zero attached hydrogens (tertiary/aromatic N) is 1. The minimum absolute atomic E-state index is 0. The molecule has 0 aromatic rings. The highest BCUT2D eigenvalue weighted by atomic mass is 79.9. The molecular weight excluding hydrogens is 232 g/mol. The van der Waals surface area contributed by atoms with Gasteiger partial charge in [0.05, 0.1) is 20.6 Å². The van der Waals surface area contributed by atoms with Crippen molar-refractivity contribution >= 4 is 5.78 Å². The van der Waals surface area contributed by atoms with Gasteiger partial charge < -0.3 is 27.2 Å². The lowest BCUT2D eigenvalue weighted by Gasteiger charge is -2.34. The van der Waals surface area contributed by atoms with Crippen molar-refractivity contribution in [3.8, 4) is 0 Å². The summed E-state index contributed by atoms with van der Waals surface area (Å²) < 4.78 is 0.626. The first-order valence-corrected chi connectivity index (χ1v) is 4.14. The van der Waals surface area contributed by atoms with Gasteiger partial charge in [-0.3, -0.25) is 4.79 Å². The van der Waals surface area contributed by atoms with Crippen molar-refractivity contribution in [2.45, 2.75) is 13.0 Å². The summed E-state index contributed by atoms with van der Waals surface area (Å²) in [6.45, 7) is 6.77. The normalized spacial score (nSPS) is 12.9. The molecule has 0 spiro atoms. The predicted octanol–water partition coefficient (Wildman–Crippen LogP) is -2.83. The Morgan fingerprint density at radius 1 is 1.62 bits per heavy atom. The molecule has 0 aliphatic rings. The van der Waals surface area contributed by atoms with E-state index < -0.39 is 0 Å². The van der Waals surface area contributed by atoms with Crippen LogP contribution < -0.4 is 22.7 Å². The van der Waals surface area contributed by atoms with Crippen LogP contribution in [0.25, 0.3) is 0 Å². The molecule has 0 rings (SSSR count). The van der Waals surface area contributed by atoms with Gasteiger partial charge in [-0.05, 0) is 13.0 Å². The van der Waals surface area contributed by atoms with E-state index in [1.807, 2.05) is 21.0 Å². The van der Waals surface area contributed by atoms with Crippen LogP contribution in [0.4, 0.5) is 0 Å². The summed E-state index contributed by atoms with van der Waals surface area (Å²) in [4.78, 5) is 11.3. The number of carbonyl (C=O) groups is 1. The van der Waals surface area contributed by atoms with Crippen molar-refractivity contribution in [1.82, 2.24) is 0 Å². The molecule has 0 aromatic heterocycles. The van der Waals surface area contributed by atoms with Crippen LogP contribution in [0.3, 0.4) is 0 Å². The summed E-state index contributed by atoms with van der Waals surface area (Å²) >= 11 is 0. The Bertz CT molecular complexity index is 180. The van der Waals surface area contributed by atoms with Crippen LogP contribution in [0, 0.1) is 0 Å². The third kappa shape index (κ3) is 4.55. The Balaban J connectivity index is 0. The summed E-state index contributed by atoms with van der Waals surface area (Å²) in [5.41, 5.74) is 5.44. The lowest BCUT2D eigenvalue weighted by molar-refractivity contribution is -0.902. The van der Waals surface area contributed by atoms with Gasteiger partial charge in [0.25, 0.3) is 0 Å². The highest BCUT2D eigenvalue weighted by molar-refractivity contribution is 5.92. The Morgan fingerprint density at radius 3 is 2.38 bits per heavy atom. The topological polar surface area (TPSA) is 43.1 Å². The highest BCUT2D eigenvalue weighted by Gasteiger charge is 2.27.